The molecule has 0 aromatic heterocycles. The van der Waals surface area contributed by atoms with Gasteiger partial charge in [-0.25, -0.2) is 8.42 Å². The van der Waals surface area contributed by atoms with Gasteiger partial charge in [0.2, 0.25) is 15.9 Å². The van der Waals surface area contributed by atoms with E-state index in [0.29, 0.717) is 61.7 Å². The predicted molar refractivity (Wildman–Crippen MR) is 123 cm³/mol. The molecule has 0 aliphatic carbocycles. The fraction of sp³-hybridized carbons (Fsp3) is 0.417. The number of aryl methyl sites for hydroxylation is 1. The molecule has 9 heteroatoms. The fourth-order valence-corrected chi connectivity index (χ4v) is 6.42. The number of benzene rings is 2. The monoisotopic (exact) mass is 469 g/mol. The number of piperazine rings is 1. The molecule has 0 saturated carbocycles. The smallest absolute Gasteiger partial charge is 0.253 e. The molecule has 2 aromatic rings. The van der Waals surface area contributed by atoms with E-state index in [0.717, 1.165) is 16.8 Å². The standard InChI is InChI=1S/C24H27N3O5S/c1-2-32-20-6-3-17(4-7-20)24(29)25-11-13-26(14-12-25)33(30,31)21-15-18-5-8-22(28)27-10-9-19(16-21)23(18)27/h3-4,6-7,15-16H,2,5,8-14H2,1H3. The lowest BCUT2D eigenvalue weighted by molar-refractivity contribution is -0.118. The molecule has 0 atom stereocenters. The highest BCUT2D eigenvalue weighted by Gasteiger charge is 2.35. The van der Waals surface area contributed by atoms with Gasteiger partial charge in [0.1, 0.15) is 5.75 Å². The van der Waals surface area contributed by atoms with Crippen molar-refractivity contribution in [2.45, 2.75) is 31.1 Å². The first-order valence-electron chi connectivity index (χ1n) is 11.4. The van der Waals surface area contributed by atoms with Gasteiger partial charge >= 0.3 is 0 Å². The minimum atomic E-state index is -3.67. The topological polar surface area (TPSA) is 87.2 Å². The number of hydrogen-bond donors (Lipinski definition) is 0. The molecule has 0 bridgehead atoms. The van der Waals surface area contributed by atoms with Crippen LogP contribution in [0.25, 0.3) is 0 Å². The largest absolute Gasteiger partial charge is 0.494 e. The van der Waals surface area contributed by atoms with E-state index in [1.54, 1.807) is 46.2 Å². The number of ether oxygens (including phenoxy) is 1. The highest BCUT2D eigenvalue weighted by atomic mass is 32.2. The van der Waals surface area contributed by atoms with E-state index in [4.69, 9.17) is 4.74 Å². The van der Waals surface area contributed by atoms with Gasteiger partial charge in [-0.15, -0.1) is 0 Å². The third-order valence-corrected chi connectivity index (χ3v) is 8.48. The van der Waals surface area contributed by atoms with Crippen LogP contribution in [0, 0.1) is 0 Å². The first-order chi connectivity index (χ1) is 15.9. The predicted octanol–water partition coefficient (Wildman–Crippen LogP) is 2.07. The molecule has 3 heterocycles. The number of anilines is 1. The van der Waals surface area contributed by atoms with Crippen LogP contribution < -0.4 is 9.64 Å². The van der Waals surface area contributed by atoms with E-state index in [1.165, 1.54) is 4.31 Å². The van der Waals surface area contributed by atoms with Gasteiger partial charge in [0.25, 0.3) is 5.91 Å². The molecule has 2 amide bonds. The Morgan fingerprint density at radius 3 is 2.27 bits per heavy atom. The molecule has 0 N–H and O–H groups in total. The highest BCUT2D eigenvalue weighted by Crippen LogP contribution is 2.39. The lowest BCUT2D eigenvalue weighted by Crippen LogP contribution is -2.50. The Morgan fingerprint density at radius 1 is 0.939 bits per heavy atom. The van der Waals surface area contributed by atoms with Crippen molar-refractivity contribution >= 4 is 27.5 Å². The number of nitrogens with zero attached hydrogens (tertiary/aromatic N) is 3. The van der Waals surface area contributed by atoms with Crippen molar-refractivity contribution < 1.29 is 22.7 Å². The van der Waals surface area contributed by atoms with Gasteiger partial charge in [0, 0.05) is 44.7 Å². The summed E-state index contributed by atoms with van der Waals surface area (Å²) in [5, 5.41) is 0. The summed E-state index contributed by atoms with van der Waals surface area (Å²) in [6, 6.07) is 10.5. The van der Waals surface area contributed by atoms with Crippen LogP contribution in [-0.4, -0.2) is 68.8 Å². The molecule has 2 aromatic carbocycles. The average Bonchev–Trinajstić information content (AvgIpc) is 3.27. The Balaban J connectivity index is 1.29. The van der Waals surface area contributed by atoms with Crippen molar-refractivity contribution in [3.8, 4) is 5.75 Å². The second-order valence-electron chi connectivity index (χ2n) is 8.54. The van der Waals surface area contributed by atoms with E-state index in [-0.39, 0.29) is 24.9 Å². The van der Waals surface area contributed by atoms with Gasteiger partial charge < -0.3 is 14.5 Å². The molecule has 0 radical (unpaired) electrons. The van der Waals surface area contributed by atoms with Gasteiger partial charge in [-0.05, 0) is 67.3 Å². The number of carbonyl (C=O) groups excluding carboxylic acids is 2. The summed E-state index contributed by atoms with van der Waals surface area (Å²) in [5.41, 5.74) is 3.35. The summed E-state index contributed by atoms with van der Waals surface area (Å²) >= 11 is 0. The molecule has 5 rings (SSSR count). The van der Waals surface area contributed by atoms with Crippen molar-refractivity contribution in [2.24, 2.45) is 0 Å². The summed E-state index contributed by atoms with van der Waals surface area (Å²) in [6.45, 7) is 4.27. The Morgan fingerprint density at radius 2 is 1.61 bits per heavy atom. The minimum Gasteiger partial charge on any atom is -0.494 e. The lowest BCUT2D eigenvalue weighted by atomic mass is 10.00. The average molecular weight is 470 g/mol. The molecule has 3 aliphatic rings. The maximum atomic E-state index is 13.4. The zero-order valence-corrected chi connectivity index (χ0v) is 19.4. The van der Waals surface area contributed by atoms with E-state index in [1.807, 2.05) is 6.92 Å². The van der Waals surface area contributed by atoms with E-state index >= 15 is 0 Å². The first-order valence-corrected chi connectivity index (χ1v) is 12.8. The second-order valence-corrected chi connectivity index (χ2v) is 10.5. The number of carbonyl (C=O) groups is 2. The van der Waals surface area contributed by atoms with Gasteiger partial charge in [0.15, 0.2) is 0 Å². The number of sulfonamides is 1. The lowest BCUT2D eigenvalue weighted by Gasteiger charge is -2.34. The molecule has 0 spiro atoms. The summed E-state index contributed by atoms with van der Waals surface area (Å²) in [7, 11) is -3.67. The zero-order chi connectivity index (χ0) is 23.2. The SMILES string of the molecule is CCOc1ccc(C(=O)N2CCN(S(=O)(=O)c3cc4c5c(c3)CCN5C(=O)CC4)CC2)cc1. The zero-order valence-electron chi connectivity index (χ0n) is 18.6. The Labute approximate surface area is 193 Å². The Hall–Kier alpha value is -2.91. The van der Waals surface area contributed by atoms with Crippen LogP contribution in [0.1, 0.15) is 34.8 Å². The summed E-state index contributed by atoms with van der Waals surface area (Å²) in [4.78, 5) is 28.8. The van der Waals surface area contributed by atoms with Crippen LogP contribution in [0.4, 0.5) is 5.69 Å². The molecule has 33 heavy (non-hydrogen) atoms. The van der Waals surface area contributed by atoms with E-state index < -0.39 is 10.0 Å². The molecule has 1 fully saturated rings. The first kappa shape index (κ1) is 21.9. The molecular weight excluding hydrogens is 442 g/mol. The van der Waals surface area contributed by atoms with Gasteiger partial charge in [-0.3, -0.25) is 9.59 Å². The van der Waals surface area contributed by atoms with Crippen molar-refractivity contribution in [3.63, 3.8) is 0 Å². The van der Waals surface area contributed by atoms with E-state index in [9.17, 15) is 18.0 Å². The van der Waals surface area contributed by atoms with E-state index in [2.05, 4.69) is 0 Å². The van der Waals surface area contributed by atoms with Crippen LogP contribution in [0.2, 0.25) is 0 Å². The third kappa shape index (κ3) is 3.89. The van der Waals surface area contributed by atoms with Crippen molar-refractivity contribution in [1.82, 2.24) is 9.21 Å². The normalized spacial score (nSPS) is 18.4. The van der Waals surface area contributed by atoms with Crippen LogP contribution >= 0.6 is 0 Å². The fourth-order valence-electron chi connectivity index (χ4n) is 4.90. The third-order valence-electron chi connectivity index (χ3n) is 6.60. The van der Waals surface area contributed by atoms with Crippen molar-refractivity contribution in [3.05, 3.63) is 53.1 Å². The second kappa shape index (κ2) is 8.46. The van der Waals surface area contributed by atoms with Crippen molar-refractivity contribution in [1.29, 1.82) is 0 Å². The van der Waals surface area contributed by atoms with Gasteiger partial charge in [0.05, 0.1) is 17.2 Å². The van der Waals surface area contributed by atoms with Crippen LogP contribution in [0.15, 0.2) is 41.3 Å². The summed E-state index contributed by atoms with van der Waals surface area (Å²) < 4.78 is 33.7. The number of hydrogen-bond acceptors (Lipinski definition) is 5. The summed E-state index contributed by atoms with van der Waals surface area (Å²) in [6.07, 6.45) is 1.68. The maximum Gasteiger partial charge on any atom is 0.253 e. The van der Waals surface area contributed by atoms with Crippen LogP contribution in [0.5, 0.6) is 5.75 Å². The maximum absolute atomic E-state index is 13.4. The van der Waals surface area contributed by atoms with Gasteiger partial charge in [-0.2, -0.15) is 4.31 Å². The Bertz CT molecular complexity index is 1200. The molecule has 0 unspecified atom stereocenters. The van der Waals surface area contributed by atoms with Gasteiger partial charge in [-0.1, -0.05) is 0 Å². The molecule has 1 saturated heterocycles. The van der Waals surface area contributed by atoms with Crippen molar-refractivity contribution in [2.75, 3.05) is 44.2 Å². The van der Waals surface area contributed by atoms with Crippen LogP contribution in [0.3, 0.4) is 0 Å². The van der Waals surface area contributed by atoms with Crippen LogP contribution in [-0.2, 0) is 27.7 Å². The molecule has 174 valence electrons. The molecular formula is C24H27N3O5S. The highest BCUT2D eigenvalue weighted by molar-refractivity contribution is 7.89. The Kier molecular flexibility index (Phi) is 5.62. The summed E-state index contributed by atoms with van der Waals surface area (Å²) in [5.74, 6) is 0.720. The number of rotatable bonds is 5. The molecule has 3 aliphatic heterocycles. The quantitative estimate of drug-likeness (QED) is 0.669. The minimum absolute atomic E-state index is 0.109. The molecule has 8 nitrogen and oxygen atoms in total. The number of amides is 2.